The average Bonchev–Trinajstić information content (AvgIpc) is 2.97. The van der Waals surface area contributed by atoms with Crippen molar-refractivity contribution in [1.29, 1.82) is 0 Å². The van der Waals surface area contributed by atoms with Gasteiger partial charge in [-0.1, -0.05) is 6.07 Å². The highest BCUT2D eigenvalue weighted by Crippen LogP contribution is 2.64. The van der Waals surface area contributed by atoms with Gasteiger partial charge in [0.15, 0.2) is 0 Å². The van der Waals surface area contributed by atoms with Gasteiger partial charge in [0.1, 0.15) is 5.82 Å². The molecule has 0 radical (unpaired) electrons. The van der Waals surface area contributed by atoms with Gasteiger partial charge in [0.05, 0.1) is 4.47 Å². The summed E-state index contributed by atoms with van der Waals surface area (Å²) in [7, 11) is 0. The van der Waals surface area contributed by atoms with Crippen molar-refractivity contribution in [2.24, 2.45) is 5.41 Å². The number of halogens is 2. The van der Waals surface area contributed by atoms with Gasteiger partial charge in [-0.15, -0.1) is 0 Å². The predicted molar refractivity (Wildman–Crippen MR) is 66.0 cm³/mol. The van der Waals surface area contributed by atoms with Crippen molar-refractivity contribution in [3.8, 4) is 0 Å². The van der Waals surface area contributed by atoms with E-state index in [2.05, 4.69) is 27.3 Å². The second kappa shape index (κ2) is 3.81. The van der Waals surface area contributed by atoms with E-state index in [4.69, 9.17) is 0 Å². The summed E-state index contributed by atoms with van der Waals surface area (Å²) in [4.78, 5) is 0. The van der Waals surface area contributed by atoms with Crippen LogP contribution in [0.1, 0.15) is 30.7 Å². The molecule has 1 aromatic rings. The SMILES string of the molecule is Fc1cc(C2CC23CCNCC3)ccc1Br. The van der Waals surface area contributed by atoms with Gasteiger partial charge >= 0.3 is 0 Å². The Morgan fingerprint density at radius 3 is 2.75 bits per heavy atom. The van der Waals surface area contributed by atoms with Gasteiger partial charge in [-0.25, -0.2) is 4.39 Å². The fourth-order valence-electron chi connectivity index (χ4n) is 3.03. The molecule has 1 N–H and O–H groups in total. The number of nitrogens with one attached hydrogen (secondary N) is 1. The lowest BCUT2D eigenvalue weighted by molar-refractivity contribution is 0.342. The van der Waals surface area contributed by atoms with Gasteiger partial charge in [0, 0.05) is 0 Å². The zero-order chi connectivity index (χ0) is 11.2. The number of rotatable bonds is 1. The first-order chi connectivity index (χ1) is 7.71. The van der Waals surface area contributed by atoms with E-state index < -0.39 is 0 Å². The minimum Gasteiger partial charge on any atom is -0.317 e. The van der Waals surface area contributed by atoms with E-state index >= 15 is 0 Å². The van der Waals surface area contributed by atoms with Gasteiger partial charge in [-0.05, 0) is 77.3 Å². The maximum Gasteiger partial charge on any atom is 0.137 e. The van der Waals surface area contributed by atoms with Crippen LogP contribution in [0.15, 0.2) is 22.7 Å². The molecule has 16 heavy (non-hydrogen) atoms. The van der Waals surface area contributed by atoms with Crippen LogP contribution < -0.4 is 5.32 Å². The van der Waals surface area contributed by atoms with E-state index in [9.17, 15) is 4.39 Å². The maximum atomic E-state index is 13.5. The molecular weight excluding hydrogens is 269 g/mol. The van der Waals surface area contributed by atoms with Gasteiger partial charge in [-0.3, -0.25) is 0 Å². The van der Waals surface area contributed by atoms with Crippen LogP contribution in [-0.2, 0) is 0 Å². The molecule has 0 amide bonds. The molecule has 1 spiro atoms. The Balaban J connectivity index is 1.82. The van der Waals surface area contributed by atoms with Gasteiger partial charge in [0.25, 0.3) is 0 Å². The van der Waals surface area contributed by atoms with Crippen molar-refractivity contribution in [2.75, 3.05) is 13.1 Å². The standard InChI is InChI=1S/C13H15BrFN/c14-11-2-1-9(7-12(11)15)10-8-13(10)3-5-16-6-4-13/h1-2,7,10,16H,3-6,8H2. The van der Waals surface area contributed by atoms with Crippen molar-refractivity contribution < 1.29 is 4.39 Å². The highest BCUT2D eigenvalue weighted by Gasteiger charge is 2.54. The first-order valence-corrected chi connectivity index (χ1v) is 6.66. The normalized spacial score (nSPS) is 27.0. The average molecular weight is 284 g/mol. The summed E-state index contributed by atoms with van der Waals surface area (Å²) < 4.78 is 14.0. The zero-order valence-electron chi connectivity index (χ0n) is 9.10. The molecule has 1 unspecified atom stereocenters. The van der Waals surface area contributed by atoms with Crippen molar-refractivity contribution in [3.63, 3.8) is 0 Å². The summed E-state index contributed by atoms with van der Waals surface area (Å²) in [5.74, 6) is 0.464. The summed E-state index contributed by atoms with van der Waals surface area (Å²) >= 11 is 3.20. The van der Waals surface area contributed by atoms with Crippen LogP contribution in [0.25, 0.3) is 0 Å². The number of hydrogen-bond donors (Lipinski definition) is 1. The predicted octanol–water partition coefficient (Wildman–Crippen LogP) is 3.45. The molecule has 3 rings (SSSR count). The highest BCUT2D eigenvalue weighted by molar-refractivity contribution is 9.10. The lowest BCUT2D eigenvalue weighted by Crippen LogP contribution is -2.29. The van der Waals surface area contributed by atoms with Crippen molar-refractivity contribution in [2.45, 2.75) is 25.2 Å². The molecule has 1 aliphatic carbocycles. The Morgan fingerprint density at radius 1 is 1.31 bits per heavy atom. The zero-order valence-corrected chi connectivity index (χ0v) is 10.7. The molecule has 1 heterocycles. The number of benzene rings is 1. The summed E-state index contributed by atoms with van der Waals surface area (Å²) in [6.45, 7) is 2.24. The molecule has 2 aliphatic rings. The third-order valence-corrected chi connectivity index (χ3v) is 4.78. The topological polar surface area (TPSA) is 12.0 Å². The molecule has 1 nitrogen and oxygen atoms in total. The van der Waals surface area contributed by atoms with Gasteiger partial charge in [-0.2, -0.15) is 0 Å². The molecule has 0 bridgehead atoms. The second-order valence-corrected chi connectivity index (χ2v) is 5.90. The van der Waals surface area contributed by atoms with E-state index in [0.29, 0.717) is 15.8 Å². The summed E-state index contributed by atoms with van der Waals surface area (Å²) in [6.07, 6.45) is 3.74. The number of piperidine rings is 1. The Hall–Kier alpha value is -0.410. The van der Waals surface area contributed by atoms with Crippen LogP contribution in [0.3, 0.4) is 0 Å². The molecular formula is C13H15BrFN. The minimum absolute atomic E-state index is 0.131. The van der Waals surface area contributed by atoms with Gasteiger partial charge in [0.2, 0.25) is 0 Å². The molecule has 0 aromatic heterocycles. The van der Waals surface area contributed by atoms with E-state index in [1.165, 1.54) is 24.8 Å². The fourth-order valence-corrected chi connectivity index (χ4v) is 3.27. The molecule has 1 saturated carbocycles. The molecule has 2 fully saturated rings. The van der Waals surface area contributed by atoms with Crippen molar-refractivity contribution >= 4 is 15.9 Å². The van der Waals surface area contributed by atoms with E-state index in [0.717, 1.165) is 13.1 Å². The van der Waals surface area contributed by atoms with Crippen LogP contribution >= 0.6 is 15.9 Å². The van der Waals surface area contributed by atoms with Gasteiger partial charge < -0.3 is 5.32 Å². The Morgan fingerprint density at radius 2 is 2.06 bits per heavy atom. The Kier molecular flexibility index (Phi) is 2.55. The van der Waals surface area contributed by atoms with Crippen LogP contribution in [-0.4, -0.2) is 13.1 Å². The van der Waals surface area contributed by atoms with E-state index in [1.807, 2.05) is 6.07 Å². The summed E-state index contributed by atoms with van der Waals surface area (Å²) in [6, 6.07) is 5.60. The smallest absolute Gasteiger partial charge is 0.137 e. The Bertz CT molecular complexity index is 412. The van der Waals surface area contributed by atoms with Crippen molar-refractivity contribution in [1.82, 2.24) is 5.32 Å². The highest BCUT2D eigenvalue weighted by atomic mass is 79.9. The molecule has 1 aliphatic heterocycles. The molecule has 86 valence electrons. The summed E-state index contributed by atoms with van der Waals surface area (Å²) in [5, 5.41) is 3.39. The second-order valence-electron chi connectivity index (χ2n) is 5.04. The summed E-state index contributed by atoms with van der Waals surface area (Å²) in [5.41, 5.74) is 1.67. The van der Waals surface area contributed by atoms with Crippen LogP contribution in [0.2, 0.25) is 0 Å². The number of hydrogen-bond acceptors (Lipinski definition) is 1. The Labute approximate surface area is 104 Å². The van der Waals surface area contributed by atoms with E-state index in [1.54, 1.807) is 6.07 Å². The monoisotopic (exact) mass is 283 g/mol. The lowest BCUT2D eigenvalue weighted by atomic mass is 9.89. The molecule has 3 heteroatoms. The largest absolute Gasteiger partial charge is 0.317 e. The fraction of sp³-hybridized carbons (Fsp3) is 0.538. The lowest BCUT2D eigenvalue weighted by Gasteiger charge is -2.23. The first-order valence-electron chi connectivity index (χ1n) is 5.87. The molecule has 1 saturated heterocycles. The van der Waals surface area contributed by atoms with Crippen molar-refractivity contribution in [3.05, 3.63) is 34.1 Å². The van der Waals surface area contributed by atoms with Crippen LogP contribution in [0.4, 0.5) is 4.39 Å². The first kappa shape index (κ1) is 10.7. The minimum atomic E-state index is -0.131. The van der Waals surface area contributed by atoms with Crippen LogP contribution in [0, 0.1) is 11.2 Å². The van der Waals surface area contributed by atoms with Crippen LogP contribution in [0.5, 0.6) is 0 Å². The molecule has 1 aromatic carbocycles. The quantitative estimate of drug-likeness (QED) is 0.833. The van der Waals surface area contributed by atoms with E-state index in [-0.39, 0.29) is 5.82 Å². The molecule has 1 atom stereocenters. The maximum absolute atomic E-state index is 13.5. The third-order valence-electron chi connectivity index (χ3n) is 4.14. The third kappa shape index (κ3) is 1.70.